The summed E-state index contributed by atoms with van der Waals surface area (Å²) in [5.74, 6) is -0.186. The van der Waals surface area contributed by atoms with E-state index in [-0.39, 0.29) is 11.9 Å². The van der Waals surface area contributed by atoms with Crippen LogP contribution in [0.15, 0.2) is 54.6 Å². The van der Waals surface area contributed by atoms with E-state index in [1.54, 1.807) is 30.3 Å². The fraction of sp³-hybridized carbons (Fsp3) is 0.238. The monoisotopic (exact) mass is 337 g/mol. The molecule has 2 aromatic rings. The van der Waals surface area contributed by atoms with Crippen molar-refractivity contribution < 1.29 is 14.3 Å². The molecule has 0 spiro atoms. The fourth-order valence-corrected chi connectivity index (χ4v) is 2.45. The van der Waals surface area contributed by atoms with Crippen molar-refractivity contribution in [1.82, 2.24) is 0 Å². The van der Waals surface area contributed by atoms with Crippen molar-refractivity contribution in [3.8, 4) is 0 Å². The van der Waals surface area contributed by atoms with Gasteiger partial charge in [-0.15, -0.1) is 0 Å². The minimum absolute atomic E-state index is 0.187. The fourth-order valence-electron chi connectivity index (χ4n) is 2.45. The van der Waals surface area contributed by atoms with Gasteiger partial charge in [0.2, 0.25) is 5.91 Å². The van der Waals surface area contributed by atoms with Crippen LogP contribution in [0.2, 0.25) is 0 Å². The normalized spacial score (nSPS) is 12.0. The highest BCUT2D eigenvalue weighted by atomic mass is 16.5. The first-order valence-electron chi connectivity index (χ1n) is 8.31. The molecular formula is C21H23NO3. The molecule has 1 amide bonds. The number of benzene rings is 2. The SMILES string of the molecule is CC[C@@H](C)c1ccccc1NC(=O)/C=C/c1ccc(C(=O)OC)cc1. The molecule has 0 saturated carbocycles. The Balaban J connectivity index is 2.05. The number of esters is 1. The predicted molar refractivity (Wildman–Crippen MR) is 101 cm³/mol. The molecule has 0 aromatic heterocycles. The van der Waals surface area contributed by atoms with Crippen LogP contribution in [0.1, 0.15) is 47.7 Å². The van der Waals surface area contributed by atoms with Crippen LogP contribution in [0.3, 0.4) is 0 Å². The van der Waals surface area contributed by atoms with E-state index in [0.717, 1.165) is 23.2 Å². The smallest absolute Gasteiger partial charge is 0.337 e. The molecule has 2 aromatic carbocycles. The molecule has 0 fully saturated rings. The summed E-state index contributed by atoms with van der Waals surface area (Å²) < 4.78 is 4.66. The Morgan fingerprint density at radius 1 is 1.12 bits per heavy atom. The lowest BCUT2D eigenvalue weighted by atomic mass is 9.97. The lowest BCUT2D eigenvalue weighted by molar-refractivity contribution is -0.111. The maximum Gasteiger partial charge on any atom is 0.337 e. The maximum atomic E-state index is 12.2. The lowest BCUT2D eigenvalue weighted by Gasteiger charge is -2.14. The molecule has 130 valence electrons. The summed E-state index contributed by atoms with van der Waals surface area (Å²) >= 11 is 0. The van der Waals surface area contributed by atoms with Crippen LogP contribution in [0.5, 0.6) is 0 Å². The van der Waals surface area contributed by atoms with Gasteiger partial charge in [-0.2, -0.15) is 0 Å². The zero-order valence-electron chi connectivity index (χ0n) is 14.8. The van der Waals surface area contributed by atoms with Gasteiger partial charge >= 0.3 is 5.97 Å². The Morgan fingerprint density at radius 3 is 2.44 bits per heavy atom. The number of carbonyl (C=O) groups is 2. The molecular weight excluding hydrogens is 314 g/mol. The zero-order chi connectivity index (χ0) is 18.2. The van der Waals surface area contributed by atoms with Crippen molar-refractivity contribution in [3.05, 3.63) is 71.3 Å². The van der Waals surface area contributed by atoms with E-state index in [2.05, 4.69) is 23.9 Å². The number of para-hydroxylation sites is 1. The van der Waals surface area contributed by atoms with E-state index in [1.807, 2.05) is 24.3 Å². The number of carbonyl (C=O) groups excluding carboxylic acids is 2. The average Bonchev–Trinajstić information content (AvgIpc) is 2.66. The molecule has 0 heterocycles. The largest absolute Gasteiger partial charge is 0.465 e. The zero-order valence-corrected chi connectivity index (χ0v) is 14.8. The topological polar surface area (TPSA) is 55.4 Å². The Hall–Kier alpha value is -2.88. The molecule has 1 atom stereocenters. The van der Waals surface area contributed by atoms with Crippen molar-refractivity contribution in [2.75, 3.05) is 12.4 Å². The first-order chi connectivity index (χ1) is 12.0. The van der Waals surface area contributed by atoms with Gasteiger partial charge in [-0.3, -0.25) is 4.79 Å². The van der Waals surface area contributed by atoms with Gasteiger partial charge in [0.15, 0.2) is 0 Å². The summed E-state index contributed by atoms with van der Waals surface area (Å²) in [7, 11) is 1.34. The second-order valence-corrected chi connectivity index (χ2v) is 5.83. The van der Waals surface area contributed by atoms with Crippen LogP contribution in [0.25, 0.3) is 6.08 Å². The van der Waals surface area contributed by atoms with Crippen molar-refractivity contribution in [3.63, 3.8) is 0 Å². The molecule has 0 aliphatic rings. The highest BCUT2D eigenvalue weighted by molar-refractivity contribution is 6.02. The standard InChI is InChI=1S/C21H23NO3/c1-4-15(2)18-7-5-6-8-19(18)22-20(23)14-11-16-9-12-17(13-10-16)21(24)25-3/h5-15H,4H2,1-3H3,(H,22,23)/b14-11+/t15-/m1/s1. The Kier molecular flexibility index (Phi) is 6.52. The minimum Gasteiger partial charge on any atom is -0.465 e. The highest BCUT2D eigenvalue weighted by Gasteiger charge is 2.09. The quantitative estimate of drug-likeness (QED) is 0.617. The third-order valence-electron chi connectivity index (χ3n) is 4.12. The van der Waals surface area contributed by atoms with E-state index in [4.69, 9.17) is 0 Å². The van der Waals surface area contributed by atoms with Gasteiger partial charge in [0.05, 0.1) is 12.7 Å². The first-order valence-corrected chi connectivity index (χ1v) is 8.31. The summed E-state index contributed by atoms with van der Waals surface area (Å²) in [6.07, 6.45) is 4.21. The number of hydrogen-bond acceptors (Lipinski definition) is 3. The number of anilines is 1. The Bertz CT molecular complexity index is 763. The van der Waals surface area contributed by atoms with Crippen LogP contribution < -0.4 is 5.32 Å². The Labute approximate surface area is 148 Å². The number of hydrogen-bond donors (Lipinski definition) is 1. The van der Waals surface area contributed by atoms with E-state index in [9.17, 15) is 9.59 Å². The van der Waals surface area contributed by atoms with Crippen LogP contribution >= 0.6 is 0 Å². The molecule has 2 rings (SSSR count). The number of nitrogens with one attached hydrogen (secondary N) is 1. The van der Waals surface area contributed by atoms with Gasteiger partial charge in [-0.05, 0) is 47.7 Å². The van der Waals surface area contributed by atoms with Gasteiger partial charge in [0, 0.05) is 11.8 Å². The summed E-state index contributed by atoms with van der Waals surface area (Å²) in [6, 6.07) is 14.7. The van der Waals surface area contributed by atoms with Crippen LogP contribution in [-0.4, -0.2) is 19.0 Å². The van der Waals surface area contributed by atoms with Crippen LogP contribution in [0.4, 0.5) is 5.69 Å². The van der Waals surface area contributed by atoms with E-state index in [0.29, 0.717) is 11.5 Å². The average molecular weight is 337 g/mol. The summed E-state index contributed by atoms with van der Waals surface area (Å²) in [5.41, 5.74) is 3.28. The summed E-state index contributed by atoms with van der Waals surface area (Å²) in [5, 5.41) is 2.93. The van der Waals surface area contributed by atoms with Crippen LogP contribution in [0, 0.1) is 0 Å². The van der Waals surface area contributed by atoms with Crippen molar-refractivity contribution >= 4 is 23.6 Å². The summed E-state index contributed by atoms with van der Waals surface area (Å²) in [4.78, 5) is 23.6. The molecule has 0 saturated heterocycles. The molecule has 1 N–H and O–H groups in total. The number of ether oxygens (including phenoxy) is 1. The van der Waals surface area contributed by atoms with Crippen molar-refractivity contribution in [1.29, 1.82) is 0 Å². The van der Waals surface area contributed by atoms with E-state index >= 15 is 0 Å². The van der Waals surface area contributed by atoms with Crippen LogP contribution in [-0.2, 0) is 9.53 Å². The number of amides is 1. The summed E-state index contributed by atoms with van der Waals surface area (Å²) in [6.45, 7) is 4.27. The third kappa shape index (κ3) is 5.05. The number of methoxy groups -OCH3 is 1. The van der Waals surface area contributed by atoms with Gasteiger partial charge in [-0.25, -0.2) is 4.79 Å². The van der Waals surface area contributed by atoms with Crippen molar-refractivity contribution in [2.24, 2.45) is 0 Å². The van der Waals surface area contributed by atoms with Gasteiger partial charge in [-0.1, -0.05) is 44.2 Å². The molecule has 0 bridgehead atoms. The van der Waals surface area contributed by atoms with Gasteiger partial charge in [0.25, 0.3) is 0 Å². The molecule has 25 heavy (non-hydrogen) atoms. The predicted octanol–water partition coefficient (Wildman–Crippen LogP) is 4.64. The molecule has 0 radical (unpaired) electrons. The molecule has 0 aliphatic carbocycles. The van der Waals surface area contributed by atoms with Gasteiger partial charge < -0.3 is 10.1 Å². The van der Waals surface area contributed by atoms with Gasteiger partial charge in [0.1, 0.15) is 0 Å². The second-order valence-electron chi connectivity index (χ2n) is 5.83. The van der Waals surface area contributed by atoms with E-state index in [1.165, 1.54) is 13.2 Å². The minimum atomic E-state index is -0.380. The lowest BCUT2D eigenvalue weighted by Crippen LogP contribution is -2.10. The van der Waals surface area contributed by atoms with Crippen molar-refractivity contribution in [2.45, 2.75) is 26.2 Å². The highest BCUT2D eigenvalue weighted by Crippen LogP contribution is 2.26. The maximum absolute atomic E-state index is 12.2. The Morgan fingerprint density at radius 2 is 1.80 bits per heavy atom. The molecule has 4 nitrogen and oxygen atoms in total. The third-order valence-corrected chi connectivity index (χ3v) is 4.12. The second kappa shape index (κ2) is 8.83. The van der Waals surface area contributed by atoms with E-state index < -0.39 is 0 Å². The molecule has 0 aliphatic heterocycles. The number of rotatable bonds is 6. The molecule has 0 unspecified atom stereocenters. The first kappa shape index (κ1) is 18.5. The molecule has 4 heteroatoms.